The average molecular weight is 417 g/mol. The second-order valence-corrected chi connectivity index (χ2v) is 7.42. The maximum atomic E-state index is 12.2. The molecular formula is C19H17ClN4O3S. The van der Waals surface area contributed by atoms with Gasteiger partial charge in [0.05, 0.1) is 22.0 Å². The van der Waals surface area contributed by atoms with Gasteiger partial charge in [-0.05, 0) is 25.1 Å². The number of carboxylic acids is 1. The van der Waals surface area contributed by atoms with E-state index < -0.39 is 5.97 Å². The molecule has 0 aliphatic rings. The summed E-state index contributed by atoms with van der Waals surface area (Å²) in [6.07, 6.45) is 0. The van der Waals surface area contributed by atoms with Crippen LogP contribution in [0.4, 0.5) is 5.69 Å². The zero-order chi connectivity index (χ0) is 20.3. The number of rotatable bonds is 6. The average Bonchev–Trinajstić information content (AvgIpc) is 3.03. The fraction of sp³-hybridized carbons (Fsp3) is 0.158. The maximum Gasteiger partial charge on any atom is 0.335 e. The number of carboxylic acid groups (broad SMARTS) is 1. The molecule has 3 aromatic rings. The third kappa shape index (κ3) is 4.52. The van der Waals surface area contributed by atoms with Crippen molar-refractivity contribution < 1.29 is 14.7 Å². The zero-order valence-corrected chi connectivity index (χ0v) is 16.7. The first-order chi connectivity index (χ1) is 13.3. The highest BCUT2D eigenvalue weighted by atomic mass is 35.5. The first kappa shape index (κ1) is 19.9. The second-order valence-electron chi connectivity index (χ2n) is 6.07. The van der Waals surface area contributed by atoms with Gasteiger partial charge in [0.15, 0.2) is 11.0 Å². The van der Waals surface area contributed by atoms with E-state index in [1.165, 1.54) is 30.0 Å². The fourth-order valence-corrected chi connectivity index (χ4v) is 3.34. The molecule has 0 saturated heterocycles. The Balaban J connectivity index is 1.66. The van der Waals surface area contributed by atoms with Crippen molar-refractivity contribution in [3.05, 3.63) is 58.6 Å². The SMILES string of the molecule is Cc1ccc(-c2nnc(SCC(=O)Nc3cc(C(=O)O)ccc3Cl)n2C)cc1. The number of aromatic nitrogens is 3. The molecule has 1 amide bonds. The van der Waals surface area contributed by atoms with Crippen molar-refractivity contribution >= 4 is 40.9 Å². The van der Waals surface area contributed by atoms with Crippen molar-refractivity contribution in [2.45, 2.75) is 12.1 Å². The van der Waals surface area contributed by atoms with E-state index in [0.717, 1.165) is 11.1 Å². The minimum Gasteiger partial charge on any atom is -0.478 e. The Kier molecular flexibility index (Phi) is 6.01. The number of aromatic carboxylic acids is 1. The number of carbonyl (C=O) groups is 2. The third-order valence-electron chi connectivity index (χ3n) is 3.96. The Labute approximate surface area is 170 Å². The standard InChI is InChI=1S/C19H17ClN4O3S/c1-11-3-5-12(6-4-11)17-22-23-19(24(17)2)28-10-16(25)21-15-9-13(18(26)27)7-8-14(15)20/h3-9H,10H2,1-2H3,(H,21,25)(H,26,27). The maximum absolute atomic E-state index is 12.2. The quantitative estimate of drug-likeness (QED) is 0.592. The highest BCUT2D eigenvalue weighted by Gasteiger charge is 2.14. The van der Waals surface area contributed by atoms with Crippen LogP contribution < -0.4 is 5.32 Å². The summed E-state index contributed by atoms with van der Waals surface area (Å²) in [6.45, 7) is 2.01. The van der Waals surface area contributed by atoms with Gasteiger partial charge in [-0.25, -0.2) is 4.79 Å². The van der Waals surface area contributed by atoms with Gasteiger partial charge < -0.3 is 15.0 Å². The summed E-state index contributed by atoms with van der Waals surface area (Å²) < 4.78 is 1.82. The van der Waals surface area contributed by atoms with E-state index in [9.17, 15) is 9.59 Å². The minimum atomic E-state index is -1.09. The van der Waals surface area contributed by atoms with Gasteiger partial charge in [-0.3, -0.25) is 4.79 Å². The first-order valence-corrected chi connectivity index (χ1v) is 9.63. The molecule has 0 saturated carbocycles. The van der Waals surface area contributed by atoms with Crippen molar-refractivity contribution in [2.24, 2.45) is 7.05 Å². The molecule has 144 valence electrons. The topological polar surface area (TPSA) is 97.1 Å². The van der Waals surface area contributed by atoms with E-state index in [4.69, 9.17) is 16.7 Å². The number of benzene rings is 2. The van der Waals surface area contributed by atoms with Gasteiger partial charge >= 0.3 is 5.97 Å². The highest BCUT2D eigenvalue weighted by molar-refractivity contribution is 7.99. The lowest BCUT2D eigenvalue weighted by Gasteiger charge is -2.08. The Morgan fingerprint density at radius 2 is 1.89 bits per heavy atom. The molecule has 9 heteroatoms. The lowest BCUT2D eigenvalue weighted by atomic mass is 10.1. The van der Waals surface area contributed by atoms with Gasteiger partial charge in [-0.1, -0.05) is 53.2 Å². The number of hydrogen-bond acceptors (Lipinski definition) is 5. The van der Waals surface area contributed by atoms with Gasteiger partial charge in [-0.15, -0.1) is 10.2 Å². The van der Waals surface area contributed by atoms with Crippen molar-refractivity contribution in [3.8, 4) is 11.4 Å². The van der Waals surface area contributed by atoms with Crippen LogP contribution >= 0.6 is 23.4 Å². The number of hydrogen-bond donors (Lipinski definition) is 2. The van der Waals surface area contributed by atoms with Gasteiger partial charge in [0.1, 0.15) is 0 Å². The number of carbonyl (C=O) groups excluding carboxylic acids is 1. The number of thioether (sulfide) groups is 1. The summed E-state index contributed by atoms with van der Waals surface area (Å²) in [5, 5.41) is 20.9. The van der Waals surface area contributed by atoms with E-state index in [1.54, 1.807) is 0 Å². The fourth-order valence-electron chi connectivity index (χ4n) is 2.47. The molecule has 2 aromatic carbocycles. The molecule has 0 atom stereocenters. The molecule has 0 aliphatic carbocycles. The van der Waals surface area contributed by atoms with Crippen molar-refractivity contribution in [3.63, 3.8) is 0 Å². The van der Waals surface area contributed by atoms with Crippen LogP contribution in [0.15, 0.2) is 47.6 Å². The molecule has 3 rings (SSSR count). The summed E-state index contributed by atoms with van der Waals surface area (Å²) in [5.41, 5.74) is 2.39. The Hall–Kier alpha value is -2.84. The second kappa shape index (κ2) is 8.45. The predicted octanol–water partition coefficient (Wildman–Crippen LogP) is 3.87. The number of aryl methyl sites for hydroxylation is 1. The van der Waals surface area contributed by atoms with Crippen LogP contribution in [-0.4, -0.2) is 37.5 Å². The van der Waals surface area contributed by atoms with E-state index in [2.05, 4.69) is 15.5 Å². The van der Waals surface area contributed by atoms with Crippen LogP contribution in [0.5, 0.6) is 0 Å². The Morgan fingerprint density at radius 3 is 2.57 bits per heavy atom. The molecule has 0 aliphatic heterocycles. The molecule has 0 radical (unpaired) electrons. The number of nitrogens with one attached hydrogen (secondary N) is 1. The van der Waals surface area contributed by atoms with Crippen molar-refractivity contribution in [1.82, 2.24) is 14.8 Å². The molecule has 0 fully saturated rings. The van der Waals surface area contributed by atoms with E-state index in [1.807, 2.05) is 42.8 Å². The van der Waals surface area contributed by atoms with E-state index in [-0.39, 0.29) is 27.9 Å². The molecule has 0 spiro atoms. The van der Waals surface area contributed by atoms with Crippen molar-refractivity contribution in [2.75, 3.05) is 11.1 Å². The van der Waals surface area contributed by atoms with Gasteiger partial charge in [0.2, 0.25) is 5.91 Å². The molecule has 7 nitrogen and oxygen atoms in total. The summed E-state index contributed by atoms with van der Waals surface area (Å²) >= 11 is 7.26. The molecule has 2 N–H and O–H groups in total. The summed E-state index contributed by atoms with van der Waals surface area (Å²) in [6, 6.07) is 12.1. The van der Waals surface area contributed by atoms with Crippen LogP contribution in [0.1, 0.15) is 15.9 Å². The smallest absolute Gasteiger partial charge is 0.335 e. The number of nitrogens with zero attached hydrogens (tertiary/aromatic N) is 3. The molecule has 28 heavy (non-hydrogen) atoms. The van der Waals surface area contributed by atoms with Crippen molar-refractivity contribution in [1.29, 1.82) is 0 Å². The normalized spacial score (nSPS) is 10.7. The number of anilines is 1. The molecule has 1 aromatic heterocycles. The monoisotopic (exact) mass is 416 g/mol. The van der Waals surface area contributed by atoms with Crippen LogP contribution in [0.25, 0.3) is 11.4 Å². The molecule has 0 bridgehead atoms. The van der Waals surface area contributed by atoms with E-state index in [0.29, 0.717) is 11.0 Å². The van der Waals surface area contributed by atoms with Gasteiger partial charge in [-0.2, -0.15) is 0 Å². The summed E-state index contributed by atoms with van der Waals surface area (Å²) in [7, 11) is 1.84. The Bertz CT molecular complexity index is 1030. The Morgan fingerprint density at radius 1 is 1.18 bits per heavy atom. The minimum absolute atomic E-state index is 0.0448. The lowest BCUT2D eigenvalue weighted by molar-refractivity contribution is -0.113. The van der Waals surface area contributed by atoms with E-state index >= 15 is 0 Å². The number of halogens is 1. The highest BCUT2D eigenvalue weighted by Crippen LogP contribution is 2.25. The van der Waals surface area contributed by atoms with Crippen LogP contribution in [0, 0.1) is 6.92 Å². The number of amides is 1. The van der Waals surface area contributed by atoms with Crippen LogP contribution in [0.3, 0.4) is 0 Å². The molecular weight excluding hydrogens is 400 g/mol. The zero-order valence-electron chi connectivity index (χ0n) is 15.1. The third-order valence-corrected chi connectivity index (χ3v) is 5.31. The van der Waals surface area contributed by atoms with Crippen LogP contribution in [-0.2, 0) is 11.8 Å². The lowest BCUT2D eigenvalue weighted by Crippen LogP contribution is -2.15. The molecule has 0 unspecified atom stereocenters. The first-order valence-electron chi connectivity index (χ1n) is 8.27. The summed E-state index contributed by atoms with van der Waals surface area (Å²) in [5.74, 6) is -0.633. The molecule has 1 heterocycles. The summed E-state index contributed by atoms with van der Waals surface area (Å²) in [4.78, 5) is 23.3. The predicted molar refractivity (Wildman–Crippen MR) is 109 cm³/mol. The van der Waals surface area contributed by atoms with Gasteiger partial charge in [0.25, 0.3) is 0 Å². The largest absolute Gasteiger partial charge is 0.478 e. The van der Waals surface area contributed by atoms with Crippen LogP contribution in [0.2, 0.25) is 5.02 Å². The van der Waals surface area contributed by atoms with Gasteiger partial charge in [0, 0.05) is 12.6 Å².